The van der Waals surface area contributed by atoms with Gasteiger partial charge in [-0.25, -0.2) is 0 Å². The maximum Gasteiger partial charge on any atom is 0.0893 e. The Kier molecular flexibility index (Phi) is 2.74. The molecule has 0 aliphatic carbocycles. The van der Waals surface area contributed by atoms with Crippen LogP contribution in [0, 0.1) is 0 Å². The summed E-state index contributed by atoms with van der Waals surface area (Å²) in [7, 11) is 0. The second kappa shape index (κ2) is 4.02. The first-order chi connectivity index (χ1) is 6.75. The summed E-state index contributed by atoms with van der Waals surface area (Å²) in [6, 6.07) is 0. The van der Waals surface area contributed by atoms with E-state index in [1.807, 2.05) is 24.6 Å². The molecule has 0 aromatic rings. The van der Waals surface area contributed by atoms with Gasteiger partial charge in [0.1, 0.15) is 0 Å². The molecule has 2 aliphatic heterocycles. The van der Waals surface area contributed by atoms with E-state index in [-0.39, 0.29) is 0 Å². The van der Waals surface area contributed by atoms with Crippen LogP contribution in [0.3, 0.4) is 0 Å². The van der Waals surface area contributed by atoms with Gasteiger partial charge in [0.2, 0.25) is 0 Å². The van der Waals surface area contributed by atoms with Crippen molar-refractivity contribution in [1.82, 2.24) is 0 Å². The predicted molar refractivity (Wildman–Crippen MR) is 67.6 cm³/mol. The average Bonchev–Trinajstić information content (AvgIpc) is 2.18. The molecule has 2 heterocycles. The van der Waals surface area contributed by atoms with Gasteiger partial charge < -0.3 is 0 Å². The van der Waals surface area contributed by atoms with Gasteiger partial charge >= 0.3 is 0 Å². The molecule has 0 aromatic heterocycles. The van der Waals surface area contributed by atoms with E-state index in [1.54, 1.807) is 0 Å². The summed E-state index contributed by atoms with van der Waals surface area (Å²) in [5.74, 6) is 0. The molecule has 2 nitrogen and oxygen atoms in total. The largest absolute Gasteiger partial charge is 0.259 e. The molecular weight excluding hydrogens is 212 g/mol. The molecule has 70 valence electrons. The lowest BCUT2D eigenvalue weighted by atomic mass is 10.1. The molecule has 0 amide bonds. The van der Waals surface area contributed by atoms with Crippen LogP contribution in [0.2, 0.25) is 0 Å². The zero-order valence-electron chi connectivity index (χ0n) is 7.43. The molecule has 0 atom stereocenters. The molecule has 2 aliphatic rings. The monoisotopic (exact) mass is 220 g/mol. The van der Waals surface area contributed by atoms with E-state index in [9.17, 15) is 0 Å². The molecule has 0 fully saturated rings. The van der Waals surface area contributed by atoms with Gasteiger partial charge in [-0.15, -0.1) is 0 Å². The third-order valence-corrected chi connectivity index (χ3v) is 2.47. The Morgan fingerprint density at radius 2 is 1.29 bits per heavy atom. The van der Waals surface area contributed by atoms with Crippen molar-refractivity contribution in [3.8, 4) is 0 Å². The Hall–Kier alpha value is -1.00. The van der Waals surface area contributed by atoms with Crippen molar-refractivity contribution in [2.75, 3.05) is 0 Å². The minimum Gasteiger partial charge on any atom is -0.259 e. The standard InChI is InChI=1S/C10H8N2S2/c13-7-1-3-11-9(5-7)10-6-8(14)2-4-12-10/h3-6H,1-2H2. The van der Waals surface area contributed by atoms with Gasteiger partial charge in [-0.3, -0.25) is 9.98 Å². The Balaban J connectivity index is 2.31. The minimum absolute atomic E-state index is 0.750. The van der Waals surface area contributed by atoms with Crippen molar-refractivity contribution in [1.29, 1.82) is 0 Å². The Morgan fingerprint density at radius 3 is 1.64 bits per heavy atom. The molecule has 2 rings (SSSR count). The highest BCUT2D eigenvalue weighted by Crippen LogP contribution is 2.19. The van der Waals surface area contributed by atoms with Gasteiger partial charge in [0.05, 0.1) is 11.4 Å². The average molecular weight is 220 g/mol. The summed E-state index contributed by atoms with van der Waals surface area (Å²) in [6.07, 6.45) is 8.89. The zero-order valence-corrected chi connectivity index (χ0v) is 9.07. The van der Waals surface area contributed by atoms with E-state index in [4.69, 9.17) is 24.4 Å². The van der Waals surface area contributed by atoms with E-state index in [1.165, 1.54) is 0 Å². The Bertz CT molecular complexity index is 374. The number of rotatable bonds is 1. The summed E-state index contributed by atoms with van der Waals surface area (Å²) < 4.78 is 0. The van der Waals surface area contributed by atoms with Crippen LogP contribution < -0.4 is 0 Å². The molecule has 0 radical (unpaired) electrons. The third kappa shape index (κ3) is 2.08. The SMILES string of the molecule is S=C1C=C(C2=CC(=S)CC=N2)N=CC1. The Morgan fingerprint density at radius 1 is 0.857 bits per heavy atom. The van der Waals surface area contributed by atoms with Crippen LogP contribution in [0.5, 0.6) is 0 Å². The molecule has 14 heavy (non-hydrogen) atoms. The lowest BCUT2D eigenvalue weighted by Crippen LogP contribution is -2.04. The van der Waals surface area contributed by atoms with Gasteiger partial charge in [-0.2, -0.15) is 0 Å². The van der Waals surface area contributed by atoms with Crippen molar-refractivity contribution in [3.63, 3.8) is 0 Å². The molecule has 0 spiro atoms. The molecule has 0 N–H and O–H groups in total. The second-order valence-corrected chi connectivity index (χ2v) is 4.07. The fraction of sp³-hybridized carbons (Fsp3) is 0.200. The van der Waals surface area contributed by atoms with Crippen molar-refractivity contribution < 1.29 is 0 Å². The number of nitrogens with zero attached hydrogens (tertiary/aromatic N) is 2. The van der Waals surface area contributed by atoms with Crippen LogP contribution in [0.25, 0.3) is 0 Å². The van der Waals surface area contributed by atoms with Crippen molar-refractivity contribution >= 4 is 46.6 Å². The van der Waals surface area contributed by atoms with Gasteiger partial charge in [-0.1, -0.05) is 24.4 Å². The van der Waals surface area contributed by atoms with E-state index in [0.717, 1.165) is 34.0 Å². The summed E-state index contributed by atoms with van der Waals surface area (Å²) >= 11 is 10.2. The molecule has 0 saturated heterocycles. The summed E-state index contributed by atoms with van der Waals surface area (Å²) in [4.78, 5) is 10.3. The van der Waals surface area contributed by atoms with Crippen LogP contribution >= 0.6 is 24.4 Å². The first-order valence-electron chi connectivity index (χ1n) is 4.30. The van der Waals surface area contributed by atoms with Crippen LogP contribution in [0.4, 0.5) is 0 Å². The summed E-state index contributed by atoms with van der Waals surface area (Å²) in [5.41, 5.74) is 1.64. The molecule has 4 heteroatoms. The Labute approximate surface area is 93.1 Å². The van der Waals surface area contributed by atoms with E-state index in [0.29, 0.717) is 0 Å². The maximum absolute atomic E-state index is 5.10. The van der Waals surface area contributed by atoms with Crippen LogP contribution in [-0.2, 0) is 0 Å². The van der Waals surface area contributed by atoms with E-state index < -0.39 is 0 Å². The lowest BCUT2D eigenvalue weighted by molar-refractivity contribution is 1.23. The van der Waals surface area contributed by atoms with Crippen LogP contribution in [0.1, 0.15) is 12.8 Å². The summed E-state index contributed by atoms with van der Waals surface area (Å²) in [6.45, 7) is 0. The lowest BCUT2D eigenvalue weighted by Gasteiger charge is -2.10. The van der Waals surface area contributed by atoms with Gasteiger partial charge in [0, 0.05) is 35.0 Å². The molecule has 0 aromatic carbocycles. The second-order valence-electron chi connectivity index (χ2n) is 3.02. The van der Waals surface area contributed by atoms with Gasteiger partial charge in [0.15, 0.2) is 0 Å². The minimum atomic E-state index is 0.750. The zero-order chi connectivity index (χ0) is 9.97. The molecule has 0 unspecified atom stereocenters. The molecule has 0 bridgehead atoms. The topological polar surface area (TPSA) is 24.7 Å². The quantitative estimate of drug-likeness (QED) is 0.634. The smallest absolute Gasteiger partial charge is 0.0893 e. The fourth-order valence-electron chi connectivity index (χ4n) is 1.25. The first-order valence-corrected chi connectivity index (χ1v) is 5.12. The van der Waals surface area contributed by atoms with E-state index in [2.05, 4.69) is 9.98 Å². The maximum atomic E-state index is 5.10. The highest BCUT2D eigenvalue weighted by atomic mass is 32.1. The van der Waals surface area contributed by atoms with Gasteiger partial charge in [-0.05, 0) is 12.2 Å². The number of allylic oxidation sites excluding steroid dienone is 2. The van der Waals surface area contributed by atoms with Crippen LogP contribution in [0.15, 0.2) is 33.5 Å². The molecule has 0 saturated carbocycles. The first kappa shape index (κ1) is 9.55. The van der Waals surface area contributed by atoms with Crippen molar-refractivity contribution in [2.45, 2.75) is 12.8 Å². The normalized spacial score (nSPS) is 20.9. The highest BCUT2D eigenvalue weighted by Gasteiger charge is 2.10. The number of aliphatic imine (C=N–C) groups is 2. The van der Waals surface area contributed by atoms with Gasteiger partial charge in [0.25, 0.3) is 0 Å². The molecular formula is C10H8N2S2. The van der Waals surface area contributed by atoms with Crippen molar-refractivity contribution in [3.05, 3.63) is 23.5 Å². The number of hydrogen-bond donors (Lipinski definition) is 0. The fourth-order valence-corrected chi connectivity index (χ4v) is 1.62. The highest BCUT2D eigenvalue weighted by molar-refractivity contribution is 7.81. The summed E-state index contributed by atoms with van der Waals surface area (Å²) in [5, 5.41) is 0. The predicted octanol–water partition coefficient (Wildman–Crippen LogP) is 2.44. The number of hydrogen-bond acceptors (Lipinski definition) is 4. The van der Waals surface area contributed by atoms with Crippen molar-refractivity contribution in [2.24, 2.45) is 9.98 Å². The third-order valence-electron chi connectivity index (χ3n) is 1.90. The van der Waals surface area contributed by atoms with Crippen LogP contribution in [-0.4, -0.2) is 22.2 Å². The van der Waals surface area contributed by atoms with E-state index >= 15 is 0 Å². The number of thiocarbonyl (C=S) groups is 2.